The van der Waals surface area contributed by atoms with Gasteiger partial charge in [0.05, 0.1) is 37.9 Å². The Morgan fingerprint density at radius 1 is 0.812 bits per heavy atom. The van der Waals surface area contributed by atoms with Gasteiger partial charge in [-0.05, 0) is 18.2 Å². The highest BCUT2D eigenvalue weighted by atomic mass is 32.2. The summed E-state index contributed by atoms with van der Waals surface area (Å²) in [7, 11) is -4.25. The summed E-state index contributed by atoms with van der Waals surface area (Å²) in [6.45, 7) is -0.769. The molecule has 0 atom stereocenters. The van der Waals surface area contributed by atoms with Gasteiger partial charge in [-0.3, -0.25) is 4.55 Å². The number of benzene rings is 1. The second kappa shape index (κ2) is 20.3. The molecule has 0 aliphatic carbocycles. The predicted molar refractivity (Wildman–Crippen MR) is 176 cm³/mol. The van der Waals surface area contributed by atoms with Gasteiger partial charge in [-0.25, -0.2) is 10.2 Å². The third kappa shape index (κ3) is 13.6. The number of nitrogens with zero attached hydrogens (tertiary/aromatic N) is 9. The van der Waals surface area contributed by atoms with Crippen molar-refractivity contribution in [2.75, 3.05) is 96.4 Å². The number of rotatable bonds is 23. The lowest BCUT2D eigenvalue weighted by Gasteiger charge is -2.21. The van der Waals surface area contributed by atoms with E-state index in [1.807, 2.05) is 0 Å². The second-order valence-corrected chi connectivity index (χ2v) is 11.5. The van der Waals surface area contributed by atoms with Gasteiger partial charge < -0.3 is 46.2 Å². The van der Waals surface area contributed by atoms with Crippen LogP contribution >= 0.6 is 12.0 Å². The molecular weight excluding hydrogens is 680 g/mol. The molecule has 1 aromatic carbocycles. The maximum absolute atomic E-state index is 11.2. The zero-order valence-electron chi connectivity index (χ0n) is 25.3. The number of hydrogen-bond donors (Lipinski definition) is 9. The zero-order valence-corrected chi connectivity index (χ0v) is 27.0. The Balaban J connectivity index is 1.90. The lowest BCUT2D eigenvalue weighted by molar-refractivity contribution is -0.432. The molecule has 0 bridgehead atoms. The van der Waals surface area contributed by atoms with E-state index >= 15 is 0 Å². The summed E-state index contributed by atoms with van der Waals surface area (Å²) < 4.78 is 35.7. The molecule has 22 nitrogen and oxygen atoms in total. The molecular formula is C24H36N12O10S2. The smallest absolute Gasteiger partial charge is 0.266 e. The number of aromatic nitrogens is 6. The topological polar surface area (TPSA) is 306 Å². The van der Waals surface area contributed by atoms with Gasteiger partial charge in [0, 0.05) is 62.4 Å². The molecule has 0 amide bonds. The first-order chi connectivity index (χ1) is 23.2. The molecule has 2 aromatic heterocycles. The molecule has 9 N–H and O–H groups in total. The average molecular weight is 717 g/mol. The number of hydrogen-bond acceptors (Lipinski definition) is 22. The van der Waals surface area contributed by atoms with Gasteiger partial charge in [0.1, 0.15) is 0 Å². The van der Waals surface area contributed by atoms with Crippen molar-refractivity contribution in [3.05, 3.63) is 24.3 Å². The first-order valence-electron chi connectivity index (χ1n) is 14.1. The fourth-order valence-electron chi connectivity index (χ4n) is 3.78. The van der Waals surface area contributed by atoms with Crippen LogP contribution in [0.4, 0.5) is 47.1 Å². The Morgan fingerprint density at radius 2 is 1.35 bits per heavy atom. The Morgan fingerprint density at radius 3 is 1.90 bits per heavy atom. The molecule has 3 rings (SSSR count). The Labute approximate surface area is 278 Å². The normalized spacial score (nSPS) is 11.5. The van der Waals surface area contributed by atoms with E-state index < -0.39 is 15.9 Å². The molecule has 0 unspecified atom stereocenters. The molecule has 24 heteroatoms. The Kier molecular flexibility index (Phi) is 16.2. The fourth-order valence-corrected chi connectivity index (χ4v) is 4.37. The van der Waals surface area contributed by atoms with Crippen LogP contribution < -0.4 is 25.8 Å². The van der Waals surface area contributed by atoms with Crippen molar-refractivity contribution in [2.24, 2.45) is 4.99 Å². The molecule has 3 aromatic rings. The lowest BCUT2D eigenvalue weighted by Crippen LogP contribution is -2.32. The maximum Gasteiger partial charge on any atom is 0.266 e. The van der Waals surface area contributed by atoms with E-state index in [-0.39, 0.29) is 101 Å². The van der Waals surface area contributed by atoms with E-state index in [0.717, 1.165) is 12.0 Å². The first-order valence-corrected chi connectivity index (χ1v) is 16.6. The van der Waals surface area contributed by atoms with Crippen LogP contribution in [0.2, 0.25) is 0 Å². The minimum absolute atomic E-state index is 0.00905. The minimum Gasteiger partial charge on any atom is -0.395 e. The average Bonchev–Trinajstić information content (AvgIpc) is 3.04. The van der Waals surface area contributed by atoms with Crippen molar-refractivity contribution in [2.45, 2.75) is 0 Å². The quantitative estimate of drug-likeness (QED) is 0.0145. The first kappa shape index (κ1) is 38.3. The highest BCUT2D eigenvalue weighted by molar-refractivity contribution is 7.95. The third-order valence-electron chi connectivity index (χ3n) is 5.73. The van der Waals surface area contributed by atoms with Crippen molar-refractivity contribution >= 4 is 75.4 Å². The summed E-state index contributed by atoms with van der Waals surface area (Å²) in [4.78, 5) is 33.1. The minimum atomic E-state index is -4.25. The molecule has 0 saturated heterocycles. The summed E-state index contributed by atoms with van der Waals surface area (Å²) >= 11 is 0.752. The molecule has 264 valence electrons. The van der Waals surface area contributed by atoms with Crippen molar-refractivity contribution < 1.29 is 48.0 Å². The molecule has 0 aliphatic rings. The molecule has 48 heavy (non-hydrogen) atoms. The van der Waals surface area contributed by atoms with Crippen LogP contribution in [0.5, 0.6) is 0 Å². The lowest BCUT2D eigenvalue weighted by atomic mass is 10.3. The van der Waals surface area contributed by atoms with E-state index in [0.29, 0.717) is 11.4 Å². The van der Waals surface area contributed by atoms with Crippen LogP contribution in [-0.2, 0) is 19.5 Å². The monoisotopic (exact) mass is 716 g/mol. The number of aliphatic hydroxyl groups excluding tert-OH is 4. The van der Waals surface area contributed by atoms with Crippen LogP contribution in [-0.4, -0.2) is 145 Å². The molecule has 2 heterocycles. The van der Waals surface area contributed by atoms with Crippen LogP contribution in [0.15, 0.2) is 29.3 Å². The highest BCUT2D eigenvalue weighted by Gasteiger charge is 2.16. The second-order valence-electron chi connectivity index (χ2n) is 9.19. The van der Waals surface area contributed by atoms with E-state index in [1.54, 1.807) is 24.3 Å². The summed E-state index contributed by atoms with van der Waals surface area (Å²) in [5.41, 5.74) is 0.977. The summed E-state index contributed by atoms with van der Waals surface area (Å²) in [6.07, 6.45) is 1.40. The summed E-state index contributed by atoms with van der Waals surface area (Å²) in [6, 6.07) is 6.79. The molecule has 0 radical (unpaired) electrons. The number of aliphatic imine (C=N–C) groups is 1. The van der Waals surface area contributed by atoms with Crippen LogP contribution in [0, 0.1) is 0 Å². The molecule has 0 aliphatic heterocycles. The fraction of sp³-hybridized carbons (Fsp3) is 0.458. The molecule has 0 saturated carbocycles. The van der Waals surface area contributed by atoms with Crippen molar-refractivity contribution in [3.63, 3.8) is 0 Å². The molecule has 0 spiro atoms. The molecule has 0 fully saturated rings. The van der Waals surface area contributed by atoms with E-state index in [9.17, 15) is 28.8 Å². The van der Waals surface area contributed by atoms with Crippen LogP contribution in [0.25, 0.3) is 0 Å². The highest BCUT2D eigenvalue weighted by Crippen LogP contribution is 2.24. The van der Waals surface area contributed by atoms with Crippen molar-refractivity contribution in [1.29, 1.82) is 0 Å². The number of aliphatic hydroxyl groups is 4. The van der Waals surface area contributed by atoms with Crippen molar-refractivity contribution in [3.8, 4) is 0 Å². The summed E-state index contributed by atoms with van der Waals surface area (Å²) in [5.74, 6) is -0.161. The largest absolute Gasteiger partial charge is 0.395 e. The van der Waals surface area contributed by atoms with Gasteiger partial charge in [0.25, 0.3) is 16.1 Å². The van der Waals surface area contributed by atoms with E-state index in [2.05, 4.69) is 60.2 Å². The maximum atomic E-state index is 11.2. The van der Waals surface area contributed by atoms with Gasteiger partial charge >= 0.3 is 0 Å². The summed E-state index contributed by atoms with van der Waals surface area (Å²) in [5, 5.41) is 58.5. The zero-order chi connectivity index (χ0) is 34.8. The van der Waals surface area contributed by atoms with Gasteiger partial charge in [-0.15, -0.1) is 4.33 Å². The number of nitrogens with one attached hydrogen (secondary N) is 3. The van der Waals surface area contributed by atoms with Crippen LogP contribution in [0.3, 0.4) is 0 Å². The predicted octanol–water partition coefficient (Wildman–Crippen LogP) is -0.803. The Bertz CT molecular complexity index is 1550. The number of anilines is 7. The standard InChI is InChI=1S/C24H36N12O10S2/c37-10-6-35(7-11-38)23-31-19(25-4-14-47-46-45-41)29-21(33-23)27-17-2-1-3-18(16-17)28-22-30-20(26-5-15-48(42,43)44)32-24(34-22)36(8-12-39)9-13-40/h1-4,16,37-41H,5-15H2,(H,42,43,44)(H,27,29,31,33)(H2,26,28,30,32,34). The third-order valence-corrected chi connectivity index (χ3v) is 6.89. The van der Waals surface area contributed by atoms with Crippen molar-refractivity contribution in [1.82, 2.24) is 29.9 Å². The van der Waals surface area contributed by atoms with E-state index in [1.165, 1.54) is 16.0 Å². The van der Waals surface area contributed by atoms with Gasteiger partial charge in [0.2, 0.25) is 29.7 Å². The van der Waals surface area contributed by atoms with Crippen LogP contribution in [0.1, 0.15) is 0 Å². The van der Waals surface area contributed by atoms with E-state index in [4.69, 9.17) is 9.81 Å². The van der Waals surface area contributed by atoms with Gasteiger partial charge in [-0.1, -0.05) is 11.1 Å². The van der Waals surface area contributed by atoms with Gasteiger partial charge in [0.15, 0.2) is 0 Å². The SMILES string of the molecule is O=S(=O)(O)CCNc1nc(Nc2cccc(Nc3nc(N=CCSOOO)nc(N(CCO)CCO)n3)c2)nc(N(CCO)CCO)n1. The van der Waals surface area contributed by atoms with Gasteiger partial charge in [-0.2, -0.15) is 38.3 Å². The Hall–Kier alpha value is -4.11.